The Labute approximate surface area is 156 Å². The molecule has 0 aliphatic carbocycles. The molecule has 2 heterocycles. The van der Waals surface area contributed by atoms with Crippen molar-refractivity contribution in [3.63, 3.8) is 0 Å². The second-order valence-electron chi connectivity index (χ2n) is 5.69. The summed E-state index contributed by atoms with van der Waals surface area (Å²) < 4.78 is 7.45. The molecule has 26 heavy (non-hydrogen) atoms. The third-order valence-electron chi connectivity index (χ3n) is 3.82. The van der Waals surface area contributed by atoms with Crippen LogP contribution >= 0.6 is 12.2 Å². The predicted molar refractivity (Wildman–Crippen MR) is 102 cm³/mol. The van der Waals surface area contributed by atoms with Crippen LogP contribution in [-0.4, -0.2) is 32.8 Å². The molecule has 0 fully saturated rings. The Balaban J connectivity index is 1.71. The van der Waals surface area contributed by atoms with Crippen LogP contribution in [0.5, 0.6) is 5.75 Å². The fourth-order valence-corrected chi connectivity index (χ4v) is 2.74. The minimum absolute atomic E-state index is 0.133. The standard InChI is InChI=1S/C18H19N5O2S/c1-12-4-3-5-15(19-12)20-16(24)10-11-23-17(21-22-18(23)26)13-6-8-14(25-2)9-7-13/h3-9H,10-11H2,1-2H3,(H,22,26)(H,19,20,24). The highest BCUT2D eigenvalue weighted by molar-refractivity contribution is 7.71. The number of nitrogens with zero attached hydrogens (tertiary/aromatic N) is 3. The first-order chi connectivity index (χ1) is 12.6. The number of hydrogen-bond acceptors (Lipinski definition) is 5. The number of H-pyrrole nitrogens is 1. The lowest BCUT2D eigenvalue weighted by Gasteiger charge is -2.08. The Morgan fingerprint density at radius 3 is 2.73 bits per heavy atom. The molecule has 0 atom stereocenters. The van der Waals surface area contributed by atoms with Gasteiger partial charge in [-0.05, 0) is 55.5 Å². The number of aromatic nitrogens is 4. The molecule has 8 heteroatoms. The summed E-state index contributed by atoms with van der Waals surface area (Å²) in [5.74, 6) is 1.85. The van der Waals surface area contributed by atoms with Crippen molar-refractivity contribution in [2.75, 3.05) is 12.4 Å². The lowest BCUT2D eigenvalue weighted by molar-refractivity contribution is -0.116. The number of aryl methyl sites for hydroxylation is 1. The van der Waals surface area contributed by atoms with Gasteiger partial charge in [0.15, 0.2) is 10.6 Å². The smallest absolute Gasteiger partial charge is 0.227 e. The highest BCUT2D eigenvalue weighted by Crippen LogP contribution is 2.21. The Kier molecular flexibility index (Phi) is 5.43. The summed E-state index contributed by atoms with van der Waals surface area (Å²) in [5, 5.41) is 9.86. The number of hydrogen-bond donors (Lipinski definition) is 2. The molecule has 0 bridgehead atoms. The van der Waals surface area contributed by atoms with E-state index in [0.29, 0.717) is 23.0 Å². The van der Waals surface area contributed by atoms with Gasteiger partial charge in [-0.3, -0.25) is 14.5 Å². The van der Waals surface area contributed by atoms with E-state index in [9.17, 15) is 4.79 Å². The van der Waals surface area contributed by atoms with E-state index in [1.54, 1.807) is 17.7 Å². The third-order valence-corrected chi connectivity index (χ3v) is 4.14. The molecule has 0 spiro atoms. The lowest BCUT2D eigenvalue weighted by atomic mass is 10.2. The van der Waals surface area contributed by atoms with Crippen LogP contribution in [-0.2, 0) is 11.3 Å². The molecule has 0 aliphatic rings. The highest BCUT2D eigenvalue weighted by Gasteiger charge is 2.11. The van der Waals surface area contributed by atoms with E-state index in [1.807, 2.05) is 43.3 Å². The summed E-state index contributed by atoms with van der Waals surface area (Å²) in [6.07, 6.45) is 0.257. The molecule has 0 radical (unpaired) electrons. The normalized spacial score (nSPS) is 10.5. The number of carbonyl (C=O) groups excluding carboxylic acids is 1. The van der Waals surface area contributed by atoms with Crippen molar-refractivity contribution in [1.82, 2.24) is 19.7 Å². The maximum absolute atomic E-state index is 12.2. The molecule has 0 saturated carbocycles. The number of aromatic amines is 1. The quantitative estimate of drug-likeness (QED) is 0.651. The second-order valence-corrected chi connectivity index (χ2v) is 6.08. The highest BCUT2D eigenvalue weighted by atomic mass is 32.1. The minimum Gasteiger partial charge on any atom is -0.497 e. The monoisotopic (exact) mass is 369 g/mol. The van der Waals surface area contributed by atoms with E-state index >= 15 is 0 Å². The van der Waals surface area contributed by atoms with Gasteiger partial charge in [-0.2, -0.15) is 5.10 Å². The van der Waals surface area contributed by atoms with Gasteiger partial charge >= 0.3 is 0 Å². The maximum Gasteiger partial charge on any atom is 0.227 e. The van der Waals surface area contributed by atoms with Crippen LogP contribution in [0.1, 0.15) is 12.1 Å². The summed E-state index contributed by atoms with van der Waals surface area (Å²) in [6, 6.07) is 13.0. The number of ether oxygens (including phenoxy) is 1. The first kappa shape index (κ1) is 17.8. The molecular weight excluding hydrogens is 350 g/mol. The largest absolute Gasteiger partial charge is 0.497 e. The van der Waals surface area contributed by atoms with Crippen molar-refractivity contribution < 1.29 is 9.53 Å². The molecule has 3 rings (SSSR count). The van der Waals surface area contributed by atoms with Gasteiger partial charge < -0.3 is 10.1 Å². The van der Waals surface area contributed by atoms with Crippen LogP contribution in [0.4, 0.5) is 5.82 Å². The van der Waals surface area contributed by atoms with Crippen LogP contribution in [0.25, 0.3) is 11.4 Å². The molecule has 0 saturated heterocycles. The molecule has 3 aromatic rings. The molecular formula is C18H19N5O2S. The van der Waals surface area contributed by atoms with Gasteiger partial charge in [0.05, 0.1) is 7.11 Å². The summed E-state index contributed by atoms with van der Waals surface area (Å²) in [7, 11) is 1.62. The zero-order chi connectivity index (χ0) is 18.5. The zero-order valence-corrected chi connectivity index (χ0v) is 15.3. The predicted octanol–water partition coefficient (Wildman–Crippen LogP) is 3.35. The SMILES string of the molecule is COc1ccc(-c2n[nH]c(=S)n2CCC(=O)Nc2cccc(C)n2)cc1. The first-order valence-electron chi connectivity index (χ1n) is 8.10. The second kappa shape index (κ2) is 7.92. The van der Waals surface area contributed by atoms with E-state index in [0.717, 1.165) is 17.0 Å². The summed E-state index contributed by atoms with van der Waals surface area (Å²) in [5.41, 5.74) is 1.74. The Hall–Kier alpha value is -3.00. The third kappa shape index (κ3) is 4.15. The molecule has 0 aliphatic heterocycles. The van der Waals surface area contributed by atoms with Crippen molar-refractivity contribution in [2.24, 2.45) is 0 Å². The Bertz CT molecular complexity index is 962. The van der Waals surface area contributed by atoms with Crippen LogP contribution in [0.2, 0.25) is 0 Å². The molecule has 0 unspecified atom stereocenters. The number of rotatable bonds is 6. The first-order valence-corrected chi connectivity index (χ1v) is 8.51. The van der Waals surface area contributed by atoms with E-state index in [-0.39, 0.29) is 12.3 Å². The fraction of sp³-hybridized carbons (Fsp3) is 0.222. The molecule has 1 aromatic carbocycles. The van der Waals surface area contributed by atoms with Crippen LogP contribution < -0.4 is 10.1 Å². The van der Waals surface area contributed by atoms with E-state index in [2.05, 4.69) is 20.5 Å². The summed E-state index contributed by atoms with van der Waals surface area (Å²) >= 11 is 5.30. The van der Waals surface area contributed by atoms with E-state index in [1.165, 1.54) is 0 Å². The van der Waals surface area contributed by atoms with E-state index in [4.69, 9.17) is 17.0 Å². The number of nitrogens with one attached hydrogen (secondary N) is 2. The van der Waals surface area contributed by atoms with Gasteiger partial charge in [-0.15, -0.1) is 0 Å². The number of carbonyl (C=O) groups is 1. The Morgan fingerprint density at radius 1 is 1.27 bits per heavy atom. The van der Waals surface area contributed by atoms with Crippen molar-refractivity contribution in [3.8, 4) is 17.1 Å². The van der Waals surface area contributed by atoms with Crippen molar-refractivity contribution in [3.05, 3.63) is 52.9 Å². The van der Waals surface area contributed by atoms with Crippen LogP contribution in [0.3, 0.4) is 0 Å². The lowest BCUT2D eigenvalue weighted by Crippen LogP contribution is -2.16. The molecule has 2 aromatic heterocycles. The van der Waals surface area contributed by atoms with Gasteiger partial charge in [0.1, 0.15) is 11.6 Å². The zero-order valence-electron chi connectivity index (χ0n) is 14.5. The average molecular weight is 369 g/mol. The van der Waals surface area contributed by atoms with Gasteiger partial charge in [-0.25, -0.2) is 4.98 Å². The summed E-state index contributed by atoms with van der Waals surface area (Å²) in [4.78, 5) is 16.5. The van der Waals surface area contributed by atoms with Gasteiger partial charge in [0, 0.05) is 24.2 Å². The number of amides is 1. The summed E-state index contributed by atoms with van der Waals surface area (Å²) in [6.45, 7) is 2.29. The Morgan fingerprint density at radius 2 is 2.04 bits per heavy atom. The van der Waals surface area contributed by atoms with Crippen molar-refractivity contribution in [2.45, 2.75) is 19.9 Å². The van der Waals surface area contributed by atoms with Crippen molar-refractivity contribution in [1.29, 1.82) is 0 Å². The van der Waals surface area contributed by atoms with Crippen LogP contribution in [0.15, 0.2) is 42.5 Å². The number of methoxy groups -OCH3 is 1. The molecule has 7 nitrogen and oxygen atoms in total. The number of pyridine rings is 1. The minimum atomic E-state index is -0.133. The number of anilines is 1. The van der Waals surface area contributed by atoms with E-state index < -0.39 is 0 Å². The van der Waals surface area contributed by atoms with Gasteiger partial charge in [0.25, 0.3) is 0 Å². The molecule has 134 valence electrons. The van der Waals surface area contributed by atoms with Gasteiger partial charge in [0.2, 0.25) is 5.91 Å². The van der Waals surface area contributed by atoms with Crippen molar-refractivity contribution >= 4 is 23.9 Å². The topological polar surface area (TPSA) is 84.8 Å². The van der Waals surface area contributed by atoms with Crippen LogP contribution in [0, 0.1) is 11.7 Å². The number of benzene rings is 1. The molecule has 2 N–H and O–H groups in total. The molecule has 1 amide bonds. The maximum atomic E-state index is 12.2. The average Bonchev–Trinajstić information content (AvgIpc) is 3.00. The van der Waals surface area contributed by atoms with Gasteiger partial charge in [-0.1, -0.05) is 6.07 Å². The fourth-order valence-electron chi connectivity index (χ4n) is 2.52.